The van der Waals surface area contributed by atoms with E-state index >= 15 is 0 Å². The molecule has 0 aliphatic carbocycles. The van der Waals surface area contributed by atoms with Crippen molar-refractivity contribution in [1.82, 2.24) is 4.90 Å². The Morgan fingerprint density at radius 3 is 2.50 bits per heavy atom. The maximum atomic E-state index is 12.1. The lowest BCUT2D eigenvalue weighted by Gasteiger charge is -2.37. The van der Waals surface area contributed by atoms with Gasteiger partial charge in [0.05, 0.1) is 6.10 Å². The minimum Gasteiger partial charge on any atom is -0.393 e. The minimum atomic E-state index is -0.199. The molecule has 0 aromatic rings. The average Bonchev–Trinajstić information content (AvgIpc) is 2.48. The van der Waals surface area contributed by atoms with Crippen molar-refractivity contribution >= 4 is 5.91 Å². The highest BCUT2D eigenvalue weighted by Gasteiger charge is 2.42. The molecule has 1 amide bonds. The number of hydrogen-bond acceptors (Lipinski definition) is 3. The van der Waals surface area contributed by atoms with E-state index < -0.39 is 0 Å². The molecule has 2 aliphatic rings. The molecule has 4 nitrogen and oxygen atoms in total. The number of carbonyl (C=O) groups excluding carboxylic acids is 1. The van der Waals surface area contributed by atoms with E-state index in [-0.39, 0.29) is 30.1 Å². The standard InChI is InChI=1S/C12H22N2O2/c1-8(13)2-5-12(16)14-9-3-4-10(14)7-11(15)6-9/h8-11,15H,2-7,13H2,1H3. The van der Waals surface area contributed by atoms with Crippen molar-refractivity contribution in [3.8, 4) is 0 Å². The summed E-state index contributed by atoms with van der Waals surface area (Å²) in [5.41, 5.74) is 5.67. The van der Waals surface area contributed by atoms with Crippen molar-refractivity contribution in [2.45, 2.75) is 69.7 Å². The number of nitrogens with zero attached hydrogens (tertiary/aromatic N) is 1. The quantitative estimate of drug-likeness (QED) is 0.741. The molecule has 16 heavy (non-hydrogen) atoms. The summed E-state index contributed by atoms with van der Waals surface area (Å²) >= 11 is 0. The highest BCUT2D eigenvalue weighted by atomic mass is 16.3. The summed E-state index contributed by atoms with van der Waals surface area (Å²) in [6.45, 7) is 1.93. The van der Waals surface area contributed by atoms with Gasteiger partial charge in [0.15, 0.2) is 0 Å². The van der Waals surface area contributed by atoms with Gasteiger partial charge in [0.1, 0.15) is 0 Å². The second-order valence-electron chi connectivity index (χ2n) is 5.33. The third-order valence-corrected chi connectivity index (χ3v) is 3.81. The Kier molecular flexibility index (Phi) is 3.50. The fourth-order valence-electron chi connectivity index (χ4n) is 3.04. The molecule has 3 atom stereocenters. The molecule has 2 saturated heterocycles. The smallest absolute Gasteiger partial charge is 0.223 e. The van der Waals surface area contributed by atoms with Crippen LogP contribution in [0.4, 0.5) is 0 Å². The Balaban J connectivity index is 1.92. The molecule has 0 spiro atoms. The summed E-state index contributed by atoms with van der Waals surface area (Å²) in [7, 11) is 0. The Labute approximate surface area is 96.8 Å². The van der Waals surface area contributed by atoms with E-state index in [2.05, 4.69) is 0 Å². The number of piperidine rings is 1. The van der Waals surface area contributed by atoms with Crippen LogP contribution in [0.5, 0.6) is 0 Å². The van der Waals surface area contributed by atoms with Gasteiger partial charge >= 0.3 is 0 Å². The number of fused-ring (bicyclic) bond motifs is 2. The van der Waals surface area contributed by atoms with Crippen LogP contribution >= 0.6 is 0 Å². The molecule has 2 fully saturated rings. The summed E-state index contributed by atoms with van der Waals surface area (Å²) in [6, 6.07) is 0.667. The molecule has 3 unspecified atom stereocenters. The van der Waals surface area contributed by atoms with Crippen LogP contribution in [-0.2, 0) is 4.79 Å². The van der Waals surface area contributed by atoms with E-state index in [1.165, 1.54) is 0 Å². The highest BCUT2D eigenvalue weighted by Crippen LogP contribution is 2.36. The summed E-state index contributed by atoms with van der Waals surface area (Å²) in [4.78, 5) is 14.1. The summed E-state index contributed by atoms with van der Waals surface area (Å²) in [5, 5.41) is 9.65. The van der Waals surface area contributed by atoms with Crippen LogP contribution in [-0.4, -0.2) is 40.1 Å². The fourth-order valence-corrected chi connectivity index (χ4v) is 3.04. The number of nitrogens with two attached hydrogens (primary N) is 1. The monoisotopic (exact) mass is 226 g/mol. The lowest BCUT2D eigenvalue weighted by Crippen LogP contribution is -2.48. The van der Waals surface area contributed by atoms with Gasteiger partial charge in [-0.3, -0.25) is 4.79 Å². The van der Waals surface area contributed by atoms with Crippen LogP contribution in [0.1, 0.15) is 45.4 Å². The van der Waals surface area contributed by atoms with Crippen molar-refractivity contribution in [2.75, 3.05) is 0 Å². The van der Waals surface area contributed by atoms with Crippen molar-refractivity contribution < 1.29 is 9.90 Å². The molecule has 0 radical (unpaired) electrons. The van der Waals surface area contributed by atoms with Gasteiger partial charge in [0.25, 0.3) is 0 Å². The molecule has 2 rings (SSSR count). The molecule has 2 aliphatic heterocycles. The predicted octanol–water partition coefficient (Wildman–Crippen LogP) is 0.628. The molecule has 4 heteroatoms. The normalized spacial score (nSPS) is 35.2. The van der Waals surface area contributed by atoms with E-state index in [9.17, 15) is 9.90 Å². The number of aliphatic hydroxyl groups is 1. The molecular weight excluding hydrogens is 204 g/mol. The SMILES string of the molecule is CC(N)CCC(=O)N1C2CCC1CC(O)C2. The van der Waals surface area contributed by atoms with Crippen LogP contribution in [0.3, 0.4) is 0 Å². The molecular formula is C12H22N2O2. The molecule has 2 heterocycles. The van der Waals surface area contributed by atoms with Crippen molar-refractivity contribution in [2.24, 2.45) is 5.73 Å². The summed E-state index contributed by atoms with van der Waals surface area (Å²) in [6.07, 6.45) is 4.77. The van der Waals surface area contributed by atoms with Crippen LogP contribution in [0.2, 0.25) is 0 Å². The highest BCUT2D eigenvalue weighted by molar-refractivity contribution is 5.77. The van der Waals surface area contributed by atoms with Gasteiger partial charge < -0.3 is 15.7 Å². The zero-order valence-electron chi connectivity index (χ0n) is 9.93. The van der Waals surface area contributed by atoms with Gasteiger partial charge in [0, 0.05) is 24.5 Å². The molecule has 0 aromatic carbocycles. The van der Waals surface area contributed by atoms with Gasteiger partial charge in [-0.1, -0.05) is 0 Å². The van der Waals surface area contributed by atoms with Gasteiger partial charge in [0.2, 0.25) is 5.91 Å². The van der Waals surface area contributed by atoms with Crippen molar-refractivity contribution in [1.29, 1.82) is 0 Å². The minimum absolute atomic E-state index is 0.0944. The maximum absolute atomic E-state index is 12.1. The van der Waals surface area contributed by atoms with Crippen LogP contribution in [0.15, 0.2) is 0 Å². The van der Waals surface area contributed by atoms with Gasteiger partial charge in [-0.05, 0) is 39.0 Å². The van der Waals surface area contributed by atoms with Gasteiger partial charge in [-0.15, -0.1) is 0 Å². The first-order valence-corrected chi connectivity index (χ1v) is 6.32. The molecule has 3 N–H and O–H groups in total. The van der Waals surface area contributed by atoms with Gasteiger partial charge in [-0.25, -0.2) is 0 Å². The predicted molar refractivity (Wildman–Crippen MR) is 61.8 cm³/mol. The Bertz CT molecular complexity index is 254. The topological polar surface area (TPSA) is 66.6 Å². The van der Waals surface area contributed by atoms with E-state index in [1.54, 1.807) is 0 Å². The molecule has 92 valence electrons. The third kappa shape index (κ3) is 2.38. The van der Waals surface area contributed by atoms with Gasteiger partial charge in [-0.2, -0.15) is 0 Å². The first-order chi connectivity index (χ1) is 7.58. The Morgan fingerprint density at radius 1 is 1.44 bits per heavy atom. The van der Waals surface area contributed by atoms with Crippen LogP contribution in [0.25, 0.3) is 0 Å². The number of hydrogen-bond donors (Lipinski definition) is 2. The van der Waals surface area contributed by atoms with Crippen LogP contribution in [0, 0.1) is 0 Å². The first-order valence-electron chi connectivity index (χ1n) is 6.32. The number of carbonyl (C=O) groups is 1. The zero-order valence-corrected chi connectivity index (χ0v) is 9.93. The van der Waals surface area contributed by atoms with Crippen molar-refractivity contribution in [3.05, 3.63) is 0 Å². The summed E-state index contributed by atoms with van der Waals surface area (Å²) in [5.74, 6) is 0.233. The van der Waals surface area contributed by atoms with E-state index in [1.807, 2.05) is 11.8 Å². The maximum Gasteiger partial charge on any atom is 0.223 e. The largest absolute Gasteiger partial charge is 0.393 e. The fraction of sp³-hybridized carbons (Fsp3) is 0.917. The zero-order chi connectivity index (χ0) is 11.7. The second kappa shape index (κ2) is 4.72. The van der Waals surface area contributed by atoms with E-state index in [0.717, 1.165) is 32.1 Å². The Hall–Kier alpha value is -0.610. The number of rotatable bonds is 3. The van der Waals surface area contributed by atoms with Crippen LogP contribution < -0.4 is 5.73 Å². The summed E-state index contributed by atoms with van der Waals surface area (Å²) < 4.78 is 0. The average molecular weight is 226 g/mol. The Morgan fingerprint density at radius 2 is 2.00 bits per heavy atom. The second-order valence-corrected chi connectivity index (χ2v) is 5.33. The van der Waals surface area contributed by atoms with E-state index in [0.29, 0.717) is 6.42 Å². The molecule has 0 saturated carbocycles. The van der Waals surface area contributed by atoms with Crippen molar-refractivity contribution in [3.63, 3.8) is 0 Å². The van der Waals surface area contributed by atoms with E-state index in [4.69, 9.17) is 5.73 Å². The lowest BCUT2D eigenvalue weighted by molar-refractivity contribution is -0.137. The molecule has 0 aromatic heterocycles. The first kappa shape index (κ1) is 11.9. The number of aliphatic hydroxyl groups excluding tert-OH is 1. The lowest BCUT2D eigenvalue weighted by atomic mass is 9.99. The number of amides is 1. The third-order valence-electron chi connectivity index (χ3n) is 3.81. The molecule has 2 bridgehead atoms.